The van der Waals surface area contributed by atoms with E-state index in [1.165, 1.54) is 0 Å². The predicted molar refractivity (Wildman–Crippen MR) is 39.1 cm³/mol. The Morgan fingerprint density at radius 1 is 1.20 bits per heavy atom. The van der Waals surface area contributed by atoms with Crippen molar-refractivity contribution in [1.82, 2.24) is 0 Å². The molecule has 0 aromatic rings. The van der Waals surface area contributed by atoms with E-state index in [9.17, 15) is 0 Å². The lowest BCUT2D eigenvalue weighted by Crippen LogP contribution is -1.99. The molecule has 0 aromatic heterocycles. The van der Waals surface area contributed by atoms with Gasteiger partial charge in [-0.1, -0.05) is 0 Å². The summed E-state index contributed by atoms with van der Waals surface area (Å²) in [5.41, 5.74) is 0. The van der Waals surface area contributed by atoms with Crippen molar-refractivity contribution in [2.45, 2.75) is 6.42 Å². The fourth-order valence-electron chi connectivity index (χ4n) is 0.885. The maximum Gasteiger partial charge on any atom is 0.156 e. The number of hydrogen-bond donors (Lipinski definition) is 0. The van der Waals surface area contributed by atoms with Gasteiger partial charge in [0.2, 0.25) is 0 Å². The van der Waals surface area contributed by atoms with Gasteiger partial charge in [-0.25, -0.2) is 0 Å². The largest absolute Gasteiger partial charge is 0.493 e. The van der Waals surface area contributed by atoms with Crippen molar-refractivity contribution in [3.63, 3.8) is 0 Å². The highest BCUT2D eigenvalue weighted by Crippen LogP contribution is 2.18. The fourth-order valence-corrected chi connectivity index (χ4v) is 0.885. The molecule has 0 heterocycles. The van der Waals surface area contributed by atoms with Gasteiger partial charge in [-0.05, 0) is 25.0 Å². The quantitative estimate of drug-likeness (QED) is 0.579. The van der Waals surface area contributed by atoms with Gasteiger partial charge in [0, 0.05) is 0 Å². The highest BCUT2D eigenvalue weighted by molar-refractivity contribution is 5.27. The third kappa shape index (κ3) is 1.32. The van der Waals surface area contributed by atoms with Crippen LogP contribution in [0.4, 0.5) is 0 Å². The molecular formula is C8H11O2. The first-order valence-corrected chi connectivity index (χ1v) is 3.20. The standard InChI is InChI=1S/C8H11O2/c1-9-7-5-3-4-6-8(7)10-2/h3,5-6H,4H2,1-2H3. The third-order valence-corrected chi connectivity index (χ3v) is 1.39. The van der Waals surface area contributed by atoms with Crippen LogP contribution in [0, 0.1) is 6.42 Å². The van der Waals surface area contributed by atoms with Crippen molar-refractivity contribution < 1.29 is 9.47 Å². The first-order valence-electron chi connectivity index (χ1n) is 3.20. The summed E-state index contributed by atoms with van der Waals surface area (Å²) >= 11 is 0. The van der Waals surface area contributed by atoms with Crippen LogP contribution in [0.25, 0.3) is 0 Å². The summed E-state index contributed by atoms with van der Waals surface area (Å²) in [6.45, 7) is 0. The molecule has 55 valence electrons. The minimum Gasteiger partial charge on any atom is -0.493 e. The molecule has 0 atom stereocenters. The number of hydrogen-bond acceptors (Lipinski definition) is 2. The van der Waals surface area contributed by atoms with Crippen molar-refractivity contribution >= 4 is 0 Å². The van der Waals surface area contributed by atoms with Gasteiger partial charge in [0.25, 0.3) is 0 Å². The molecule has 2 heteroatoms. The molecule has 1 rings (SSSR count). The molecule has 0 spiro atoms. The average Bonchev–Trinajstić information content (AvgIpc) is 2.04. The topological polar surface area (TPSA) is 18.5 Å². The normalized spacial score (nSPS) is 17.4. The molecule has 2 nitrogen and oxygen atoms in total. The van der Waals surface area contributed by atoms with Gasteiger partial charge in [-0.2, -0.15) is 0 Å². The molecule has 0 aromatic carbocycles. The zero-order valence-electron chi connectivity index (χ0n) is 6.26. The first-order chi connectivity index (χ1) is 4.88. The number of ether oxygens (including phenoxy) is 2. The van der Waals surface area contributed by atoms with E-state index in [2.05, 4.69) is 0 Å². The monoisotopic (exact) mass is 139 g/mol. The summed E-state index contributed by atoms with van der Waals surface area (Å²) < 4.78 is 10.1. The van der Waals surface area contributed by atoms with Crippen molar-refractivity contribution in [2.75, 3.05) is 14.2 Å². The summed E-state index contributed by atoms with van der Waals surface area (Å²) in [6, 6.07) is 0. The molecule has 0 unspecified atom stereocenters. The number of methoxy groups -OCH3 is 2. The Labute approximate surface area is 61.1 Å². The SMILES string of the molecule is COC1=C[CH]CC=C1OC. The van der Waals surface area contributed by atoms with Gasteiger partial charge >= 0.3 is 0 Å². The van der Waals surface area contributed by atoms with Crippen molar-refractivity contribution in [3.8, 4) is 0 Å². The van der Waals surface area contributed by atoms with Crippen molar-refractivity contribution in [3.05, 3.63) is 30.1 Å². The molecule has 0 saturated carbocycles. The second-order valence-electron chi connectivity index (χ2n) is 1.98. The van der Waals surface area contributed by atoms with E-state index in [0.29, 0.717) is 0 Å². The highest BCUT2D eigenvalue weighted by atomic mass is 16.5. The average molecular weight is 139 g/mol. The van der Waals surface area contributed by atoms with Crippen LogP contribution in [0.3, 0.4) is 0 Å². The van der Waals surface area contributed by atoms with Gasteiger partial charge in [-0.3, -0.25) is 0 Å². The maximum absolute atomic E-state index is 5.04. The summed E-state index contributed by atoms with van der Waals surface area (Å²) in [5.74, 6) is 1.62. The Balaban J connectivity index is 2.67. The summed E-state index contributed by atoms with van der Waals surface area (Å²) in [5, 5.41) is 0. The van der Waals surface area contributed by atoms with Crippen molar-refractivity contribution in [2.24, 2.45) is 0 Å². The van der Waals surface area contributed by atoms with Crippen LogP contribution in [0.15, 0.2) is 23.7 Å². The van der Waals surface area contributed by atoms with Crippen LogP contribution >= 0.6 is 0 Å². The number of rotatable bonds is 2. The van der Waals surface area contributed by atoms with Crippen LogP contribution in [0.2, 0.25) is 0 Å². The number of allylic oxidation sites excluding steroid dienone is 2. The Bertz CT molecular complexity index is 148. The zero-order chi connectivity index (χ0) is 7.40. The Hall–Kier alpha value is -0.920. The van der Waals surface area contributed by atoms with Gasteiger partial charge in [0.15, 0.2) is 11.5 Å². The van der Waals surface area contributed by atoms with Gasteiger partial charge < -0.3 is 9.47 Å². The minimum atomic E-state index is 0.800. The third-order valence-electron chi connectivity index (χ3n) is 1.39. The molecule has 0 aliphatic heterocycles. The van der Waals surface area contributed by atoms with E-state index in [-0.39, 0.29) is 0 Å². The van der Waals surface area contributed by atoms with Crippen LogP contribution < -0.4 is 0 Å². The molecule has 1 radical (unpaired) electrons. The summed E-state index contributed by atoms with van der Waals surface area (Å²) in [6.07, 6.45) is 6.86. The van der Waals surface area contributed by atoms with E-state index < -0.39 is 0 Å². The van der Waals surface area contributed by atoms with Gasteiger partial charge in [0.1, 0.15) is 0 Å². The van der Waals surface area contributed by atoms with E-state index in [0.717, 1.165) is 17.9 Å². The maximum atomic E-state index is 5.04. The first kappa shape index (κ1) is 7.19. The summed E-state index contributed by atoms with van der Waals surface area (Å²) in [7, 11) is 3.28. The van der Waals surface area contributed by atoms with Crippen LogP contribution in [0.1, 0.15) is 6.42 Å². The Morgan fingerprint density at radius 2 is 1.90 bits per heavy atom. The van der Waals surface area contributed by atoms with Crippen molar-refractivity contribution in [1.29, 1.82) is 0 Å². The van der Waals surface area contributed by atoms with E-state index in [1.807, 2.05) is 18.6 Å². The van der Waals surface area contributed by atoms with Gasteiger partial charge in [-0.15, -0.1) is 0 Å². The summed E-state index contributed by atoms with van der Waals surface area (Å²) in [4.78, 5) is 0. The lowest BCUT2D eigenvalue weighted by atomic mass is 10.1. The fraction of sp³-hybridized carbons (Fsp3) is 0.375. The van der Waals surface area contributed by atoms with Gasteiger partial charge in [0.05, 0.1) is 14.2 Å². The Morgan fingerprint density at radius 3 is 2.40 bits per heavy atom. The lowest BCUT2D eigenvalue weighted by molar-refractivity contribution is 0.217. The van der Waals surface area contributed by atoms with E-state index >= 15 is 0 Å². The molecule has 0 saturated heterocycles. The Kier molecular flexibility index (Phi) is 2.37. The smallest absolute Gasteiger partial charge is 0.156 e. The lowest BCUT2D eigenvalue weighted by Gasteiger charge is -2.12. The van der Waals surface area contributed by atoms with Crippen LogP contribution in [0.5, 0.6) is 0 Å². The predicted octanol–water partition coefficient (Wildman–Crippen LogP) is 1.65. The molecule has 0 N–H and O–H groups in total. The van der Waals surface area contributed by atoms with Crippen LogP contribution in [-0.4, -0.2) is 14.2 Å². The molecule has 0 bridgehead atoms. The molecule has 0 amide bonds. The molecule has 0 fully saturated rings. The molecular weight excluding hydrogens is 128 g/mol. The second-order valence-corrected chi connectivity index (χ2v) is 1.98. The minimum absolute atomic E-state index is 0.800. The molecule has 10 heavy (non-hydrogen) atoms. The van der Waals surface area contributed by atoms with Crippen LogP contribution in [-0.2, 0) is 9.47 Å². The van der Waals surface area contributed by atoms with E-state index in [4.69, 9.17) is 9.47 Å². The molecule has 1 aliphatic rings. The second kappa shape index (κ2) is 3.30. The molecule has 1 aliphatic carbocycles. The highest BCUT2D eigenvalue weighted by Gasteiger charge is 2.07. The van der Waals surface area contributed by atoms with E-state index in [1.54, 1.807) is 14.2 Å². The zero-order valence-corrected chi connectivity index (χ0v) is 6.26.